The monoisotopic (exact) mass is 649 g/mol. The first-order chi connectivity index (χ1) is 20.7. The Morgan fingerprint density at radius 2 is 2.12 bits per heavy atom. The first kappa shape index (κ1) is 30.3. The zero-order valence-corrected chi connectivity index (χ0v) is 26.8. The molecule has 8 atom stereocenters. The molecule has 0 bridgehead atoms. The van der Waals surface area contributed by atoms with Gasteiger partial charge < -0.3 is 34.8 Å². The number of aryl methyl sites for hydroxylation is 1. The van der Waals surface area contributed by atoms with E-state index in [2.05, 4.69) is 13.8 Å². The Hall–Kier alpha value is -1.31. The van der Waals surface area contributed by atoms with E-state index in [4.69, 9.17) is 14.5 Å². The Morgan fingerprint density at radius 1 is 1.30 bits per heavy atom. The van der Waals surface area contributed by atoms with Crippen LogP contribution in [0.1, 0.15) is 73.0 Å². The zero-order valence-electron chi connectivity index (χ0n) is 24.0. The molecule has 5 aliphatic rings. The molecule has 4 heterocycles. The molecule has 1 saturated carbocycles. The van der Waals surface area contributed by atoms with Crippen LogP contribution < -0.4 is 5.32 Å². The molecule has 43 heavy (non-hydrogen) atoms. The quantitative estimate of drug-likeness (QED) is 0.170. The number of nitrogens with one attached hydrogen (secondary N) is 1. The Morgan fingerprint density at radius 3 is 2.88 bits per heavy atom. The molecule has 2 aliphatic carbocycles. The number of aromatic nitrogens is 1. The van der Waals surface area contributed by atoms with E-state index in [1.54, 1.807) is 41.1 Å². The smallest absolute Gasteiger partial charge is 0.214 e. The van der Waals surface area contributed by atoms with Gasteiger partial charge in [-0.05, 0) is 73.8 Å². The molecular weight excluding hydrogens is 612 g/mol. The van der Waals surface area contributed by atoms with Crippen LogP contribution in [0, 0.1) is 12.7 Å². The van der Waals surface area contributed by atoms with Crippen LogP contribution >= 0.6 is 29.6 Å². The van der Waals surface area contributed by atoms with Crippen molar-refractivity contribution < 1.29 is 34.3 Å². The lowest BCUT2D eigenvalue weighted by Gasteiger charge is -2.44. The maximum atomic E-state index is 15.2. The third-order valence-corrected chi connectivity index (χ3v) is 12.9. The number of hydrogen-bond donors (Lipinski definition) is 5. The molecule has 2 aromatic rings. The molecule has 0 amide bonds. The second kappa shape index (κ2) is 11.5. The lowest BCUT2D eigenvalue weighted by molar-refractivity contribution is -0.206. The number of pyridine rings is 1. The van der Waals surface area contributed by atoms with Gasteiger partial charge >= 0.3 is 0 Å². The molecule has 1 fully saturated rings. The fourth-order valence-electron chi connectivity index (χ4n) is 7.59. The predicted octanol–water partition coefficient (Wildman–Crippen LogP) is 3.92. The lowest BCUT2D eigenvalue weighted by atomic mass is 9.81. The van der Waals surface area contributed by atoms with Crippen molar-refractivity contribution in [3.05, 3.63) is 57.1 Å². The molecule has 232 valence electrons. The first-order valence-electron chi connectivity index (χ1n) is 14.8. The van der Waals surface area contributed by atoms with E-state index in [9.17, 15) is 20.4 Å². The van der Waals surface area contributed by atoms with E-state index in [1.807, 2.05) is 4.90 Å². The molecule has 3 aliphatic heterocycles. The molecule has 0 radical (unpaired) electrons. The molecule has 5 N–H and O–H groups in total. The summed E-state index contributed by atoms with van der Waals surface area (Å²) < 4.78 is 26.8. The maximum Gasteiger partial charge on any atom is 0.214 e. The minimum Gasteiger partial charge on any atom is -0.380 e. The van der Waals surface area contributed by atoms with Gasteiger partial charge in [0, 0.05) is 40.4 Å². The second-order valence-corrected chi connectivity index (χ2v) is 15.9. The molecule has 13 heteroatoms. The SMILES string of the molecule is CC[C@]1(O)C2=C(COC1O)C(O)N1Cc3c(nc4cc(F)c(C)c5c4c3[C@@H](NC(O)O[C@@H]3CCC[C@H]3SSP)CC5)C1=C2. The molecular formula is C30H37FN3O6PS2. The number of aliphatic hydroxyl groups excluding tert-OH is 3. The van der Waals surface area contributed by atoms with Crippen molar-refractivity contribution in [1.29, 1.82) is 0 Å². The molecule has 1 aromatic carbocycles. The van der Waals surface area contributed by atoms with E-state index < -0.39 is 24.5 Å². The second-order valence-electron chi connectivity index (χ2n) is 12.1. The molecule has 4 unspecified atom stereocenters. The number of rotatable bonds is 7. The average Bonchev–Trinajstić information content (AvgIpc) is 3.58. The van der Waals surface area contributed by atoms with Crippen LogP contribution in [0.25, 0.3) is 16.6 Å². The highest BCUT2D eigenvalue weighted by molar-refractivity contribution is 8.94. The van der Waals surface area contributed by atoms with Crippen LogP contribution in [0.2, 0.25) is 0 Å². The van der Waals surface area contributed by atoms with E-state index >= 15 is 4.39 Å². The van der Waals surface area contributed by atoms with Crippen molar-refractivity contribution in [2.45, 2.75) is 101 Å². The molecule has 1 aromatic heterocycles. The Balaban J connectivity index is 1.32. The van der Waals surface area contributed by atoms with Crippen LogP contribution in [0.5, 0.6) is 0 Å². The summed E-state index contributed by atoms with van der Waals surface area (Å²) >= 11 is 0. The van der Waals surface area contributed by atoms with Crippen molar-refractivity contribution in [3.63, 3.8) is 0 Å². The minimum absolute atomic E-state index is 0.0171. The summed E-state index contributed by atoms with van der Waals surface area (Å²) in [5.74, 6) is -0.321. The minimum atomic E-state index is -1.69. The summed E-state index contributed by atoms with van der Waals surface area (Å²) in [7, 11) is 6.04. The fourth-order valence-corrected chi connectivity index (χ4v) is 10.7. The van der Waals surface area contributed by atoms with Gasteiger partial charge in [-0.3, -0.25) is 5.32 Å². The Bertz CT molecular complexity index is 1540. The number of fused-ring (bicyclic) bond motifs is 4. The normalized spacial score (nSPS) is 32.1. The van der Waals surface area contributed by atoms with Crippen molar-refractivity contribution in [3.8, 4) is 0 Å². The van der Waals surface area contributed by atoms with Crippen molar-refractivity contribution in [2.75, 3.05) is 6.61 Å². The third kappa shape index (κ3) is 4.80. The van der Waals surface area contributed by atoms with Crippen molar-refractivity contribution in [1.82, 2.24) is 15.2 Å². The van der Waals surface area contributed by atoms with Crippen LogP contribution in [-0.4, -0.2) is 72.8 Å². The highest BCUT2D eigenvalue weighted by Crippen LogP contribution is 2.50. The first-order valence-corrected chi connectivity index (χ1v) is 18.5. The van der Waals surface area contributed by atoms with E-state index in [-0.39, 0.29) is 31.0 Å². The molecule has 0 spiro atoms. The van der Waals surface area contributed by atoms with Crippen LogP contribution in [0.15, 0.2) is 23.3 Å². The zero-order chi connectivity index (χ0) is 30.2. The average molecular weight is 650 g/mol. The summed E-state index contributed by atoms with van der Waals surface area (Å²) in [5, 5.41) is 49.1. The van der Waals surface area contributed by atoms with Gasteiger partial charge in [-0.15, -0.1) is 0 Å². The lowest BCUT2D eigenvalue weighted by Crippen LogP contribution is -2.52. The van der Waals surface area contributed by atoms with Crippen LogP contribution in [0.4, 0.5) is 4.39 Å². The summed E-state index contributed by atoms with van der Waals surface area (Å²) in [4.78, 5) is 6.76. The number of ether oxygens (including phenoxy) is 2. The molecule has 9 nitrogen and oxygen atoms in total. The van der Waals surface area contributed by atoms with Gasteiger partial charge in [-0.2, -0.15) is 0 Å². The number of nitrogens with zero attached hydrogens (tertiary/aromatic N) is 2. The number of benzene rings is 1. The number of hydrogen-bond acceptors (Lipinski definition) is 11. The highest BCUT2D eigenvalue weighted by atomic mass is 33.3. The summed E-state index contributed by atoms with van der Waals surface area (Å²) in [6.07, 6.45) is 2.43. The summed E-state index contributed by atoms with van der Waals surface area (Å²) in [5.41, 5.74) is 4.25. The van der Waals surface area contributed by atoms with Crippen molar-refractivity contribution in [2.24, 2.45) is 0 Å². The summed E-state index contributed by atoms with van der Waals surface area (Å²) in [6, 6.07) is 1.16. The van der Waals surface area contributed by atoms with Gasteiger partial charge in [0.1, 0.15) is 11.4 Å². The van der Waals surface area contributed by atoms with Crippen molar-refractivity contribution >= 4 is 46.2 Å². The van der Waals surface area contributed by atoms with Gasteiger partial charge in [0.2, 0.25) is 6.41 Å². The van der Waals surface area contributed by atoms with Gasteiger partial charge in [-0.1, -0.05) is 36.6 Å². The summed E-state index contributed by atoms with van der Waals surface area (Å²) in [6.45, 7) is 3.86. The van der Waals surface area contributed by atoms with Gasteiger partial charge in [-0.25, -0.2) is 9.37 Å². The van der Waals surface area contributed by atoms with E-state index in [1.165, 1.54) is 6.07 Å². The van der Waals surface area contributed by atoms with Gasteiger partial charge in [0.25, 0.3) is 0 Å². The molecule has 0 saturated heterocycles. The predicted molar refractivity (Wildman–Crippen MR) is 168 cm³/mol. The standard InChI is InChI=1S/C30H37FN3O6PS2/c1-3-30(38)17-9-21-26-15(11-34(21)27(35)16(17)12-39-28(30)36)25-19(33-29(37)40-22-5-4-6-23(22)42-43-41)8-7-14-13(2)18(31)10-20(32-26)24(14)25/h9-10,19,22-23,27-29,33,35-38H,3-8,11-12,41H2,1-2H3/t19-,22+,23+,27?,28?,29?,30-/m0/s1. The van der Waals surface area contributed by atoms with Gasteiger partial charge in [0.15, 0.2) is 12.5 Å². The van der Waals surface area contributed by atoms with Gasteiger partial charge in [0.05, 0.1) is 29.6 Å². The highest BCUT2D eigenvalue weighted by Gasteiger charge is 2.49. The molecule has 7 rings (SSSR count). The fraction of sp³-hybridized carbons (Fsp3) is 0.567. The Labute approximate surface area is 259 Å². The van der Waals surface area contributed by atoms with E-state index in [0.29, 0.717) is 58.3 Å². The van der Waals surface area contributed by atoms with E-state index in [0.717, 1.165) is 41.3 Å². The Kier molecular flexibility index (Phi) is 8.11. The third-order valence-electron chi connectivity index (χ3n) is 9.92. The largest absolute Gasteiger partial charge is 0.380 e. The van der Waals surface area contributed by atoms with Crippen LogP contribution in [-0.2, 0) is 22.4 Å². The van der Waals surface area contributed by atoms with Crippen LogP contribution in [0.3, 0.4) is 0 Å². The number of halogens is 1. The maximum absolute atomic E-state index is 15.2. The topological polar surface area (TPSA) is 128 Å². The number of aliphatic hydroxyl groups is 4.